The maximum atomic E-state index is 13.3. The van der Waals surface area contributed by atoms with Gasteiger partial charge in [-0.3, -0.25) is 13.9 Å². The lowest BCUT2D eigenvalue weighted by Crippen LogP contribution is -2.48. The van der Waals surface area contributed by atoms with Crippen molar-refractivity contribution in [1.82, 2.24) is 10.2 Å². The quantitative estimate of drug-likeness (QED) is 0.497. The number of sulfonamides is 1. The molecule has 1 N–H and O–H groups in total. The molecule has 0 aromatic heterocycles. The molecular formula is C25H34ClN3O4S. The number of hydrogen-bond donors (Lipinski definition) is 1. The lowest BCUT2D eigenvalue weighted by molar-refractivity contribution is -0.141. The zero-order chi connectivity index (χ0) is 25.5. The molecule has 0 radical (unpaired) electrons. The summed E-state index contributed by atoms with van der Waals surface area (Å²) in [5, 5.41) is 3.22. The Kier molecular flexibility index (Phi) is 9.94. The second-order valence-corrected chi connectivity index (χ2v) is 10.7. The summed E-state index contributed by atoms with van der Waals surface area (Å²) >= 11 is 5.98. The monoisotopic (exact) mass is 507 g/mol. The molecule has 1 atom stereocenters. The Labute approximate surface area is 208 Å². The van der Waals surface area contributed by atoms with E-state index in [1.54, 1.807) is 30.1 Å². The van der Waals surface area contributed by atoms with E-state index in [0.29, 0.717) is 23.6 Å². The third-order valence-corrected chi connectivity index (χ3v) is 7.28. The first-order chi connectivity index (χ1) is 16.0. The smallest absolute Gasteiger partial charge is 0.242 e. The molecule has 2 aromatic carbocycles. The summed E-state index contributed by atoms with van der Waals surface area (Å²) in [7, 11) is -1.98. The van der Waals surface area contributed by atoms with Crippen molar-refractivity contribution in [3.8, 4) is 0 Å². The van der Waals surface area contributed by atoms with Crippen molar-refractivity contribution >= 4 is 39.1 Å². The number of halogens is 1. The van der Waals surface area contributed by atoms with Crippen LogP contribution < -0.4 is 9.62 Å². The van der Waals surface area contributed by atoms with Crippen LogP contribution in [0.5, 0.6) is 0 Å². The summed E-state index contributed by atoms with van der Waals surface area (Å²) in [6.07, 6.45) is 2.05. The number of likely N-dealkylation sites (N-methyl/N-ethyl adjacent to an activating group) is 1. The van der Waals surface area contributed by atoms with Crippen LogP contribution >= 0.6 is 11.6 Å². The van der Waals surface area contributed by atoms with Gasteiger partial charge in [-0.2, -0.15) is 0 Å². The number of carbonyl (C=O) groups is 2. The molecule has 0 saturated heterocycles. The van der Waals surface area contributed by atoms with Gasteiger partial charge < -0.3 is 10.2 Å². The minimum atomic E-state index is -3.52. The van der Waals surface area contributed by atoms with Crippen molar-refractivity contribution in [2.75, 3.05) is 24.2 Å². The van der Waals surface area contributed by atoms with Crippen molar-refractivity contribution in [3.63, 3.8) is 0 Å². The lowest BCUT2D eigenvalue weighted by Gasteiger charge is -2.31. The fourth-order valence-corrected chi connectivity index (χ4v) is 4.84. The molecule has 0 bridgehead atoms. The van der Waals surface area contributed by atoms with Gasteiger partial charge in [0.05, 0.1) is 11.9 Å². The van der Waals surface area contributed by atoms with Gasteiger partial charge in [-0.1, -0.05) is 36.7 Å². The topological polar surface area (TPSA) is 86.8 Å². The first kappa shape index (κ1) is 27.7. The molecule has 0 heterocycles. The van der Waals surface area contributed by atoms with Crippen LogP contribution in [0.1, 0.15) is 42.9 Å². The van der Waals surface area contributed by atoms with Crippen LogP contribution in [0.2, 0.25) is 5.02 Å². The summed E-state index contributed by atoms with van der Waals surface area (Å²) in [4.78, 5) is 27.3. The van der Waals surface area contributed by atoms with E-state index in [1.807, 2.05) is 45.0 Å². The van der Waals surface area contributed by atoms with Crippen molar-refractivity contribution in [2.45, 2.75) is 52.6 Å². The lowest BCUT2D eigenvalue weighted by atomic mass is 10.1. The van der Waals surface area contributed by atoms with Gasteiger partial charge in [0.15, 0.2) is 0 Å². The van der Waals surface area contributed by atoms with Crippen molar-refractivity contribution < 1.29 is 18.0 Å². The predicted molar refractivity (Wildman–Crippen MR) is 137 cm³/mol. The maximum absolute atomic E-state index is 13.3. The number of nitrogens with zero attached hydrogens (tertiary/aromatic N) is 2. The van der Waals surface area contributed by atoms with Gasteiger partial charge in [0.25, 0.3) is 0 Å². The standard InChI is InChI=1S/C25H34ClN3O4S/c1-6-23(25(31)27-4)28(17-20-10-12-21(26)13-11-20)24(30)8-7-15-29(34(5,32)33)22-14-9-18(2)19(3)16-22/h9-14,16,23H,6-8,15,17H2,1-5H3,(H,27,31)/t23-/m0/s1. The van der Waals surface area contributed by atoms with Gasteiger partial charge >= 0.3 is 0 Å². The van der Waals surface area contributed by atoms with Gasteiger partial charge in [-0.05, 0) is 67.6 Å². The highest BCUT2D eigenvalue weighted by atomic mass is 35.5. The third-order valence-electron chi connectivity index (χ3n) is 5.83. The van der Waals surface area contributed by atoms with Crippen LogP contribution in [0.3, 0.4) is 0 Å². The molecule has 0 aliphatic heterocycles. The Balaban J connectivity index is 2.19. The highest BCUT2D eigenvalue weighted by molar-refractivity contribution is 7.92. The number of anilines is 1. The molecule has 0 aliphatic rings. The molecule has 0 spiro atoms. The molecule has 2 rings (SSSR count). The van der Waals surface area contributed by atoms with Crippen molar-refractivity contribution in [2.24, 2.45) is 0 Å². The van der Waals surface area contributed by atoms with Gasteiger partial charge in [-0.25, -0.2) is 8.42 Å². The Bertz CT molecular complexity index is 1100. The zero-order valence-electron chi connectivity index (χ0n) is 20.5. The molecule has 2 aromatic rings. The molecule has 34 heavy (non-hydrogen) atoms. The van der Waals surface area contributed by atoms with Crippen LogP contribution in [0, 0.1) is 13.8 Å². The third kappa shape index (κ3) is 7.46. The van der Waals surface area contributed by atoms with Gasteiger partial charge in [-0.15, -0.1) is 0 Å². The predicted octanol–water partition coefficient (Wildman–Crippen LogP) is 4.06. The Hall–Kier alpha value is -2.58. The molecule has 7 nitrogen and oxygen atoms in total. The van der Waals surface area contributed by atoms with E-state index in [1.165, 1.54) is 4.31 Å². The van der Waals surface area contributed by atoms with E-state index >= 15 is 0 Å². The average molecular weight is 508 g/mol. The zero-order valence-corrected chi connectivity index (χ0v) is 22.0. The first-order valence-corrected chi connectivity index (χ1v) is 13.5. The minimum Gasteiger partial charge on any atom is -0.357 e. The van der Waals surface area contributed by atoms with E-state index in [0.717, 1.165) is 22.9 Å². The average Bonchev–Trinajstić information content (AvgIpc) is 2.78. The number of rotatable bonds is 11. The van der Waals surface area contributed by atoms with E-state index in [4.69, 9.17) is 11.6 Å². The molecule has 186 valence electrons. The molecule has 0 aliphatic carbocycles. The number of carbonyl (C=O) groups excluding carboxylic acids is 2. The van der Waals surface area contributed by atoms with E-state index in [-0.39, 0.29) is 31.3 Å². The van der Waals surface area contributed by atoms with Gasteiger partial charge in [0.1, 0.15) is 6.04 Å². The highest BCUT2D eigenvalue weighted by Crippen LogP contribution is 2.22. The first-order valence-electron chi connectivity index (χ1n) is 11.3. The van der Waals surface area contributed by atoms with Gasteiger partial charge in [0.2, 0.25) is 21.8 Å². The second kappa shape index (κ2) is 12.2. The highest BCUT2D eigenvalue weighted by Gasteiger charge is 2.28. The Morgan fingerprint density at radius 2 is 1.71 bits per heavy atom. The number of benzene rings is 2. The fourth-order valence-electron chi connectivity index (χ4n) is 3.76. The minimum absolute atomic E-state index is 0.109. The number of aryl methyl sites for hydroxylation is 2. The SMILES string of the molecule is CC[C@@H](C(=O)NC)N(Cc1ccc(Cl)cc1)C(=O)CCCN(c1ccc(C)c(C)c1)S(C)(=O)=O. The number of amides is 2. The van der Waals surface area contributed by atoms with E-state index < -0.39 is 16.1 Å². The van der Waals surface area contributed by atoms with Crippen LogP contribution in [0.25, 0.3) is 0 Å². The molecule has 0 fully saturated rings. The summed E-state index contributed by atoms with van der Waals surface area (Å²) < 4.78 is 26.2. The summed E-state index contributed by atoms with van der Waals surface area (Å²) in [5.74, 6) is -0.448. The van der Waals surface area contributed by atoms with Crippen LogP contribution in [-0.4, -0.2) is 51.0 Å². The summed E-state index contributed by atoms with van der Waals surface area (Å²) in [5.41, 5.74) is 3.50. The maximum Gasteiger partial charge on any atom is 0.242 e. The molecule has 2 amide bonds. The van der Waals surface area contributed by atoms with E-state index in [9.17, 15) is 18.0 Å². The fraction of sp³-hybridized carbons (Fsp3) is 0.440. The molecule has 0 saturated carbocycles. The Morgan fingerprint density at radius 1 is 1.06 bits per heavy atom. The van der Waals surface area contributed by atoms with Crippen LogP contribution in [0.15, 0.2) is 42.5 Å². The van der Waals surface area contributed by atoms with Crippen molar-refractivity contribution in [3.05, 3.63) is 64.2 Å². The molecule has 0 unspecified atom stereocenters. The molecule has 9 heteroatoms. The summed E-state index contributed by atoms with van der Waals surface area (Å²) in [6, 6.07) is 12.0. The Morgan fingerprint density at radius 3 is 2.24 bits per heavy atom. The normalized spacial score (nSPS) is 12.2. The summed E-state index contributed by atoms with van der Waals surface area (Å²) in [6.45, 7) is 6.18. The number of hydrogen-bond acceptors (Lipinski definition) is 4. The second-order valence-electron chi connectivity index (χ2n) is 8.39. The van der Waals surface area contributed by atoms with Crippen LogP contribution in [-0.2, 0) is 26.2 Å². The van der Waals surface area contributed by atoms with E-state index in [2.05, 4.69) is 5.32 Å². The largest absolute Gasteiger partial charge is 0.357 e. The molecular weight excluding hydrogens is 474 g/mol. The number of nitrogens with one attached hydrogen (secondary N) is 1. The van der Waals surface area contributed by atoms with Crippen molar-refractivity contribution in [1.29, 1.82) is 0 Å². The van der Waals surface area contributed by atoms with Gasteiger partial charge in [0, 0.05) is 31.6 Å². The van der Waals surface area contributed by atoms with Crippen LogP contribution in [0.4, 0.5) is 5.69 Å².